The minimum absolute atomic E-state index is 0.157. The van der Waals surface area contributed by atoms with Gasteiger partial charge in [-0.05, 0) is 19.1 Å². The van der Waals surface area contributed by atoms with Gasteiger partial charge in [0.1, 0.15) is 6.10 Å². The summed E-state index contributed by atoms with van der Waals surface area (Å²) in [5.41, 5.74) is 1.10. The second kappa shape index (κ2) is 5.95. The molecule has 0 saturated carbocycles. The lowest BCUT2D eigenvalue weighted by Gasteiger charge is -2.23. The molecule has 0 aliphatic carbocycles. The second-order valence-electron chi connectivity index (χ2n) is 3.67. The van der Waals surface area contributed by atoms with E-state index in [9.17, 15) is 4.79 Å². The van der Waals surface area contributed by atoms with E-state index in [2.05, 4.69) is 6.58 Å². The normalized spacial score (nSPS) is 11.6. The lowest BCUT2D eigenvalue weighted by molar-refractivity contribution is -0.141. The van der Waals surface area contributed by atoms with Gasteiger partial charge in [0, 0.05) is 18.8 Å². The Morgan fingerprint density at radius 2 is 2.12 bits per heavy atom. The van der Waals surface area contributed by atoms with Gasteiger partial charge in [0.15, 0.2) is 0 Å². The molecule has 0 amide bonds. The molecule has 3 heteroatoms. The van der Waals surface area contributed by atoms with E-state index in [1.807, 2.05) is 49.2 Å². The molecule has 1 atom stereocenters. The fraction of sp³-hybridized carbons (Fsp3) is 0.308. The van der Waals surface area contributed by atoms with Gasteiger partial charge in [-0.3, -0.25) is 0 Å². The molecule has 1 aromatic carbocycles. The molecule has 0 bridgehead atoms. The van der Waals surface area contributed by atoms with Gasteiger partial charge in [-0.2, -0.15) is 0 Å². The SMILES string of the molecule is C=CC(=O)OC(C)CN(C)c1ccccc1. The molecule has 1 rings (SSSR count). The Morgan fingerprint density at radius 1 is 1.50 bits per heavy atom. The van der Waals surface area contributed by atoms with E-state index in [4.69, 9.17) is 4.74 Å². The smallest absolute Gasteiger partial charge is 0.330 e. The molecular formula is C13H17NO2. The number of para-hydroxylation sites is 1. The molecule has 0 spiro atoms. The van der Waals surface area contributed by atoms with Crippen LogP contribution in [0.3, 0.4) is 0 Å². The molecule has 0 radical (unpaired) electrons. The van der Waals surface area contributed by atoms with Crippen molar-refractivity contribution >= 4 is 11.7 Å². The van der Waals surface area contributed by atoms with Crippen molar-refractivity contribution in [1.82, 2.24) is 0 Å². The van der Waals surface area contributed by atoms with Gasteiger partial charge in [-0.15, -0.1) is 0 Å². The zero-order chi connectivity index (χ0) is 12.0. The Bertz CT molecular complexity index is 348. The number of carbonyl (C=O) groups is 1. The van der Waals surface area contributed by atoms with Crippen LogP contribution in [0.15, 0.2) is 43.0 Å². The lowest BCUT2D eigenvalue weighted by atomic mass is 10.3. The predicted octanol–water partition coefficient (Wildman–Crippen LogP) is 2.24. The van der Waals surface area contributed by atoms with Gasteiger partial charge < -0.3 is 9.64 Å². The van der Waals surface area contributed by atoms with Crippen molar-refractivity contribution in [1.29, 1.82) is 0 Å². The van der Waals surface area contributed by atoms with E-state index in [1.165, 1.54) is 6.08 Å². The number of carbonyl (C=O) groups excluding carboxylic acids is 1. The van der Waals surface area contributed by atoms with Crippen molar-refractivity contribution in [2.45, 2.75) is 13.0 Å². The first-order chi connectivity index (χ1) is 7.63. The van der Waals surface area contributed by atoms with Crippen LogP contribution in [0.1, 0.15) is 6.92 Å². The largest absolute Gasteiger partial charge is 0.458 e. The van der Waals surface area contributed by atoms with E-state index >= 15 is 0 Å². The second-order valence-corrected chi connectivity index (χ2v) is 3.67. The van der Waals surface area contributed by atoms with Crippen LogP contribution in [0.2, 0.25) is 0 Å². The molecule has 0 aromatic heterocycles. The molecule has 86 valence electrons. The number of anilines is 1. The quantitative estimate of drug-likeness (QED) is 0.562. The van der Waals surface area contributed by atoms with Crippen molar-refractivity contribution < 1.29 is 9.53 Å². The average Bonchev–Trinajstić information content (AvgIpc) is 2.29. The van der Waals surface area contributed by atoms with E-state index in [0.29, 0.717) is 6.54 Å². The van der Waals surface area contributed by atoms with E-state index < -0.39 is 0 Å². The molecule has 0 aliphatic heterocycles. The maximum atomic E-state index is 11.0. The molecular weight excluding hydrogens is 202 g/mol. The van der Waals surface area contributed by atoms with Crippen LogP contribution in [0.25, 0.3) is 0 Å². The summed E-state index contributed by atoms with van der Waals surface area (Å²) in [5.74, 6) is -0.381. The summed E-state index contributed by atoms with van der Waals surface area (Å²) < 4.78 is 5.09. The van der Waals surface area contributed by atoms with Gasteiger partial charge in [0.05, 0.1) is 6.54 Å². The average molecular weight is 219 g/mol. The monoisotopic (exact) mass is 219 g/mol. The maximum absolute atomic E-state index is 11.0. The highest BCUT2D eigenvalue weighted by Crippen LogP contribution is 2.11. The number of benzene rings is 1. The molecule has 3 nitrogen and oxygen atoms in total. The van der Waals surface area contributed by atoms with Crippen LogP contribution in [0.4, 0.5) is 5.69 Å². The standard InChI is InChI=1S/C13H17NO2/c1-4-13(15)16-11(2)10-14(3)12-8-6-5-7-9-12/h4-9,11H,1,10H2,2-3H3. The van der Waals surface area contributed by atoms with Crippen molar-refractivity contribution in [2.24, 2.45) is 0 Å². The molecule has 0 heterocycles. The van der Waals surface area contributed by atoms with Crippen molar-refractivity contribution in [2.75, 3.05) is 18.5 Å². The number of nitrogens with zero attached hydrogens (tertiary/aromatic N) is 1. The number of ether oxygens (including phenoxy) is 1. The van der Waals surface area contributed by atoms with Crippen molar-refractivity contribution in [3.8, 4) is 0 Å². The van der Waals surface area contributed by atoms with Crippen LogP contribution in [0, 0.1) is 0 Å². The highest BCUT2D eigenvalue weighted by molar-refractivity contribution is 5.81. The van der Waals surface area contributed by atoms with Crippen LogP contribution < -0.4 is 4.90 Å². The Kier molecular flexibility index (Phi) is 4.58. The first-order valence-corrected chi connectivity index (χ1v) is 5.22. The number of esters is 1. The number of hydrogen-bond donors (Lipinski definition) is 0. The van der Waals surface area contributed by atoms with Gasteiger partial charge >= 0.3 is 5.97 Å². The first-order valence-electron chi connectivity index (χ1n) is 5.22. The van der Waals surface area contributed by atoms with E-state index in [1.54, 1.807) is 0 Å². The Balaban J connectivity index is 2.48. The summed E-state index contributed by atoms with van der Waals surface area (Å²) >= 11 is 0. The number of likely N-dealkylation sites (N-methyl/N-ethyl adjacent to an activating group) is 1. The summed E-state index contributed by atoms with van der Waals surface area (Å²) in [6.07, 6.45) is 1.02. The zero-order valence-corrected chi connectivity index (χ0v) is 9.72. The highest BCUT2D eigenvalue weighted by atomic mass is 16.5. The lowest BCUT2D eigenvalue weighted by Crippen LogP contribution is -2.30. The van der Waals surface area contributed by atoms with Crippen LogP contribution in [-0.4, -0.2) is 25.7 Å². The van der Waals surface area contributed by atoms with E-state index in [0.717, 1.165) is 5.69 Å². The summed E-state index contributed by atoms with van der Waals surface area (Å²) in [6, 6.07) is 9.96. The molecule has 0 N–H and O–H groups in total. The predicted molar refractivity (Wildman–Crippen MR) is 65.5 cm³/mol. The number of hydrogen-bond acceptors (Lipinski definition) is 3. The third-order valence-electron chi connectivity index (χ3n) is 2.21. The minimum atomic E-state index is -0.381. The van der Waals surface area contributed by atoms with Gasteiger partial charge in [-0.25, -0.2) is 4.79 Å². The summed E-state index contributed by atoms with van der Waals surface area (Å²) in [4.78, 5) is 13.0. The third kappa shape index (κ3) is 3.77. The highest BCUT2D eigenvalue weighted by Gasteiger charge is 2.09. The first kappa shape index (κ1) is 12.3. The van der Waals surface area contributed by atoms with Crippen molar-refractivity contribution in [3.05, 3.63) is 43.0 Å². The number of rotatable bonds is 5. The van der Waals surface area contributed by atoms with Crippen LogP contribution >= 0.6 is 0 Å². The summed E-state index contributed by atoms with van der Waals surface area (Å²) in [7, 11) is 1.97. The Morgan fingerprint density at radius 3 is 2.69 bits per heavy atom. The topological polar surface area (TPSA) is 29.5 Å². The zero-order valence-electron chi connectivity index (χ0n) is 9.72. The third-order valence-corrected chi connectivity index (χ3v) is 2.21. The van der Waals surface area contributed by atoms with Gasteiger partial charge in [0.2, 0.25) is 0 Å². The molecule has 1 aromatic rings. The summed E-state index contributed by atoms with van der Waals surface area (Å²) in [6.45, 7) is 5.88. The molecule has 1 unspecified atom stereocenters. The van der Waals surface area contributed by atoms with E-state index in [-0.39, 0.29) is 12.1 Å². The maximum Gasteiger partial charge on any atom is 0.330 e. The van der Waals surface area contributed by atoms with Crippen LogP contribution in [0.5, 0.6) is 0 Å². The van der Waals surface area contributed by atoms with Gasteiger partial charge in [-0.1, -0.05) is 24.8 Å². The molecule has 16 heavy (non-hydrogen) atoms. The Hall–Kier alpha value is -1.77. The van der Waals surface area contributed by atoms with Crippen LogP contribution in [-0.2, 0) is 9.53 Å². The van der Waals surface area contributed by atoms with Crippen molar-refractivity contribution in [3.63, 3.8) is 0 Å². The molecule has 0 aliphatic rings. The molecule has 0 fully saturated rings. The minimum Gasteiger partial charge on any atom is -0.458 e. The Labute approximate surface area is 96.3 Å². The fourth-order valence-electron chi connectivity index (χ4n) is 1.46. The summed E-state index contributed by atoms with van der Waals surface area (Å²) in [5, 5.41) is 0. The fourth-order valence-corrected chi connectivity index (χ4v) is 1.46. The molecule has 0 saturated heterocycles. The van der Waals surface area contributed by atoms with Gasteiger partial charge in [0.25, 0.3) is 0 Å².